The highest BCUT2D eigenvalue weighted by Gasteiger charge is 2.63. The number of fused-ring (bicyclic) bond motifs is 7. The average Bonchev–Trinajstić information content (AvgIpc) is 3.34. The number of carbonyl (C=O) groups is 2. The van der Waals surface area contributed by atoms with Crippen molar-refractivity contribution in [1.82, 2.24) is 0 Å². The third-order valence-electron chi connectivity index (χ3n) is 11.8. The van der Waals surface area contributed by atoms with E-state index in [0.29, 0.717) is 17.1 Å². The Hall–Kier alpha value is -1.42. The minimum Gasteiger partial charge on any atom is -0.478 e. The third-order valence-corrected chi connectivity index (χ3v) is 11.8. The van der Waals surface area contributed by atoms with E-state index >= 15 is 0 Å². The van der Waals surface area contributed by atoms with Gasteiger partial charge in [-0.3, -0.25) is 4.79 Å². The summed E-state index contributed by atoms with van der Waals surface area (Å²) in [5, 5.41) is 18.1. The lowest BCUT2D eigenvalue weighted by molar-refractivity contribution is -0.182. The molecule has 0 radical (unpaired) electrons. The van der Waals surface area contributed by atoms with E-state index in [2.05, 4.69) is 27.4 Å². The van der Waals surface area contributed by atoms with E-state index in [4.69, 9.17) is 5.11 Å². The number of allylic oxidation sites excluding steroid dienone is 2. The number of carbonyl (C=O) groups excluding carboxylic acids is 1. The molecule has 5 saturated carbocycles. The number of aliphatic hydroxyl groups excluding tert-OH is 1. The number of carboxylic acids is 1. The number of rotatable bonds is 4. The zero-order valence-corrected chi connectivity index (χ0v) is 26.1. The Bertz CT molecular complexity index is 820. The summed E-state index contributed by atoms with van der Waals surface area (Å²) in [7, 11) is 0. The van der Waals surface area contributed by atoms with Crippen LogP contribution in [0.15, 0.2) is 24.8 Å². The zero-order valence-electron chi connectivity index (χ0n) is 26.1. The van der Waals surface area contributed by atoms with Crippen LogP contribution >= 0.6 is 0 Å². The second-order valence-electron chi connectivity index (χ2n) is 13.5. The van der Waals surface area contributed by atoms with Crippen LogP contribution in [0.2, 0.25) is 0 Å². The maximum atomic E-state index is 10.3. The SMILES string of the molecule is C.C=CC.CC.CCCC12CCCC1C1CCC3C4(C)CCC(O)CC4CCC3(C)C1CC2.O=C/C=C\C(=O)O. The van der Waals surface area contributed by atoms with E-state index < -0.39 is 5.97 Å². The molecule has 232 valence electrons. The van der Waals surface area contributed by atoms with Crippen LogP contribution in [-0.2, 0) is 9.59 Å². The molecule has 0 amide bonds. The molecule has 0 aromatic rings. The molecule has 4 heteroatoms. The summed E-state index contributed by atoms with van der Waals surface area (Å²) in [5.74, 6) is 3.74. The average molecular weight is 561 g/mol. The fraction of sp³-hybridized carbons (Fsp3) is 0.833. The van der Waals surface area contributed by atoms with Gasteiger partial charge >= 0.3 is 5.97 Å². The molecule has 0 saturated heterocycles. The normalized spacial score (nSPS) is 40.8. The zero-order chi connectivity index (χ0) is 29.3. The van der Waals surface area contributed by atoms with Crippen LogP contribution in [0, 0.1) is 45.8 Å². The van der Waals surface area contributed by atoms with Gasteiger partial charge in [-0.2, -0.15) is 0 Å². The summed E-state index contributed by atoms with van der Waals surface area (Å²) in [6, 6.07) is 0. The van der Waals surface area contributed by atoms with Crippen molar-refractivity contribution >= 4 is 12.3 Å². The molecular weight excluding hydrogens is 496 g/mol. The lowest BCUT2D eigenvalue weighted by Crippen LogP contribution is -2.59. The predicted molar refractivity (Wildman–Crippen MR) is 169 cm³/mol. The highest BCUT2D eigenvalue weighted by molar-refractivity contribution is 5.84. The van der Waals surface area contributed by atoms with Crippen molar-refractivity contribution in [2.45, 2.75) is 145 Å². The molecule has 0 bridgehead atoms. The van der Waals surface area contributed by atoms with Crippen molar-refractivity contribution in [3.05, 3.63) is 24.8 Å². The Morgan fingerprint density at radius 3 is 2.17 bits per heavy atom. The van der Waals surface area contributed by atoms with E-state index in [9.17, 15) is 14.7 Å². The van der Waals surface area contributed by atoms with Crippen LogP contribution in [0.3, 0.4) is 0 Å². The monoisotopic (exact) mass is 560 g/mol. The number of aldehydes is 1. The van der Waals surface area contributed by atoms with E-state index in [1.807, 2.05) is 20.8 Å². The Balaban J connectivity index is 0.000000529. The van der Waals surface area contributed by atoms with Gasteiger partial charge in [0.2, 0.25) is 0 Å². The van der Waals surface area contributed by atoms with Gasteiger partial charge in [-0.25, -0.2) is 4.79 Å². The fourth-order valence-corrected chi connectivity index (χ4v) is 10.5. The van der Waals surface area contributed by atoms with Crippen LogP contribution in [0.5, 0.6) is 0 Å². The highest BCUT2D eigenvalue weighted by Crippen LogP contribution is 2.71. The van der Waals surface area contributed by atoms with Crippen LogP contribution in [0.1, 0.15) is 139 Å². The van der Waals surface area contributed by atoms with Gasteiger partial charge < -0.3 is 10.2 Å². The number of aliphatic hydroxyl groups is 1. The topological polar surface area (TPSA) is 74.6 Å². The first kappa shape index (κ1) is 36.6. The minimum atomic E-state index is -1.10. The van der Waals surface area contributed by atoms with Crippen LogP contribution in [0.4, 0.5) is 0 Å². The Morgan fingerprint density at radius 2 is 1.60 bits per heavy atom. The smallest absolute Gasteiger partial charge is 0.328 e. The second kappa shape index (κ2) is 16.3. The molecule has 5 rings (SSSR count). The van der Waals surface area contributed by atoms with E-state index in [-0.39, 0.29) is 13.5 Å². The first-order valence-corrected chi connectivity index (χ1v) is 16.2. The Kier molecular flexibility index (Phi) is 14.9. The van der Waals surface area contributed by atoms with Crippen molar-refractivity contribution in [3.8, 4) is 0 Å². The largest absolute Gasteiger partial charge is 0.478 e. The van der Waals surface area contributed by atoms with Crippen LogP contribution < -0.4 is 0 Å². The van der Waals surface area contributed by atoms with Gasteiger partial charge in [0.15, 0.2) is 0 Å². The van der Waals surface area contributed by atoms with Crippen molar-refractivity contribution in [3.63, 3.8) is 0 Å². The quantitative estimate of drug-likeness (QED) is 0.204. The summed E-state index contributed by atoms with van der Waals surface area (Å²) in [4.78, 5) is 18.9. The van der Waals surface area contributed by atoms with Crippen molar-refractivity contribution < 1.29 is 19.8 Å². The van der Waals surface area contributed by atoms with E-state index in [1.165, 1.54) is 57.8 Å². The molecule has 0 aromatic carbocycles. The first-order valence-electron chi connectivity index (χ1n) is 16.2. The Labute approximate surface area is 247 Å². The first-order chi connectivity index (χ1) is 18.6. The summed E-state index contributed by atoms with van der Waals surface area (Å²) in [6.45, 7) is 17.1. The molecule has 5 aliphatic carbocycles. The van der Waals surface area contributed by atoms with Gasteiger partial charge in [0.25, 0.3) is 0 Å². The molecule has 0 spiro atoms. The molecule has 9 unspecified atom stereocenters. The van der Waals surface area contributed by atoms with Gasteiger partial charge in [0.1, 0.15) is 6.29 Å². The lowest BCUT2D eigenvalue weighted by Gasteiger charge is -2.67. The van der Waals surface area contributed by atoms with E-state index in [1.54, 1.807) is 25.3 Å². The summed E-state index contributed by atoms with van der Waals surface area (Å²) >= 11 is 0. The molecule has 40 heavy (non-hydrogen) atoms. The molecular formula is C36H64O4. The fourth-order valence-electron chi connectivity index (χ4n) is 10.5. The molecule has 5 fully saturated rings. The number of hydrogen-bond donors (Lipinski definition) is 2. The van der Waals surface area contributed by atoms with Crippen molar-refractivity contribution in [2.24, 2.45) is 45.8 Å². The maximum Gasteiger partial charge on any atom is 0.328 e. The van der Waals surface area contributed by atoms with Crippen LogP contribution in [-0.4, -0.2) is 28.6 Å². The van der Waals surface area contributed by atoms with Gasteiger partial charge in [-0.05, 0) is 136 Å². The molecule has 0 heterocycles. The van der Waals surface area contributed by atoms with Gasteiger partial charge in [-0.1, -0.05) is 61.0 Å². The van der Waals surface area contributed by atoms with E-state index in [0.717, 1.165) is 60.0 Å². The summed E-state index contributed by atoms with van der Waals surface area (Å²) < 4.78 is 0. The number of aliphatic carboxylic acids is 1. The number of hydrogen-bond acceptors (Lipinski definition) is 3. The number of carboxylic acid groups (broad SMARTS) is 1. The highest BCUT2D eigenvalue weighted by atomic mass is 16.4. The van der Waals surface area contributed by atoms with Crippen LogP contribution in [0.25, 0.3) is 0 Å². The second-order valence-corrected chi connectivity index (χ2v) is 13.5. The van der Waals surface area contributed by atoms with Crippen molar-refractivity contribution in [2.75, 3.05) is 0 Å². The third kappa shape index (κ3) is 7.50. The predicted octanol–water partition coefficient (Wildman–Crippen LogP) is 9.66. The standard InChI is InChI=1S/C26H44O.C4H4O3.C3H6.C2H6.CH4/c1-4-12-26-13-5-6-22(26)20-7-8-23-24(2)15-10-19(27)17-18(24)9-14-25(23,3)21(20)11-16-26;5-3-1-2-4(6)7;1-3-2;1-2;/h18-23,27H,4-17H2,1-3H3;1-3H,(H,6,7);3H,1H2,2H3;1-2H3;1H4/b;2-1-;;;. The Morgan fingerprint density at radius 1 is 0.950 bits per heavy atom. The van der Waals surface area contributed by atoms with Gasteiger partial charge in [-0.15, -0.1) is 6.58 Å². The van der Waals surface area contributed by atoms with Gasteiger partial charge in [0.05, 0.1) is 6.10 Å². The summed E-state index contributed by atoms with van der Waals surface area (Å²) in [6.07, 6.45) is 23.8. The summed E-state index contributed by atoms with van der Waals surface area (Å²) in [5.41, 5.74) is 1.86. The lowest BCUT2D eigenvalue weighted by atomic mass is 9.38. The van der Waals surface area contributed by atoms with Crippen molar-refractivity contribution in [1.29, 1.82) is 0 Å². The van der Waals surface area contributed by atoms with Gasteiger partial charge in [0, 0.05) is 6.08 Å². The molecule has 4 nitrogen and oxygen atoms in total. The molecule has 2 N–H and O–H groups in total. The molecule has 0 aromatic heterocycles. The maximum absolute atomic E-state index is 10.3. The minimum absolute atomic E-state index is 0. The molecule has 5 aliphatic rings. The molecule has 9 atom stereocenters. The molecule has 0 aliphatic heterocycles.